The summed E-state index contributed by atoms with van der Waals surface area (Å²) in [5.74, 6) is -1.15. The third-order valence-corrected chi connectivity index (χ3v) is 10.9. The van der Waals surface area contributed by atoms with Gasteiger partial charge in [-0.25, -0.2) is 22.3 Å². The van der Waals surface area contributed by atoms with Gasteiger partial charge in [0.15, 0.2) is 5.60 Å². The molecule has 270 valence electrons. The van der Waals surface area contributed by atoms with Crippen molar-refractivity contribution in [2.24, 2.45) is 5.92 Å². The van der Waals surface area contributed by atoms with Crippen LogP contribution < -0.4 is 19.7 Å². The number of carbonyl (C=O) groups excluding carboxylic acids is 2. The summed E-state index contributed by atoms with van der Waals surface area (Å²) in [5, 5.41) is 4.52. The van der Waals surface area contributed by atoms with Crippen LogP contribution in [0.5, 0.6) is 5.75 Å². The van der Waals surface area contributed by atoms with Crippen molar-refractivity contribution in [2.75, 3.05) is 30.9 Å². The molecule has 3 aromatic carbocycles. The van der Waals surface area contributed by atoms with Crippen molar-refractivity contribution >= 4 is 50.9 Å². The third-order valence-electron chi connectivity index (χ3n) is 9.89. The number of hydrogen-bond donors (Lipinski definition) is 2. The molecule has 2 aliphatic rings. The highest BCUT2D eigenvalue weighted by atomic mass is 35.5. The van der Waals surface area contributed by atoms with Crippen molar-refractivity contribution in [2.45, 2.75) is 76.9 Å². The lowest BCUT2D eigenvalue weighted by Gasteiger charge is -2.49. The Morgan fingerprint density at radius 1 is 1.06 bits per heavy atom. The van der Waals surface area contributed by atoms with Crippen LogP contribution in [0.3, 0.4) is 0 Å². The molecule has 3 atom stereocenters. The molecule has 0 bridgehead atoms. The van der Waals surface area contributed by atoms with E-state index in [4.69, 9.17) is 32.7 Å². The van der Waals surface area contributed by atoms with Gasteiger partial charge in [-0.3, -0.25) is 9.69 Å². The fraction of sp³-hybridized carbons (Fsp3) is 0.459. The van der Waals surface area contributed by atoms with Gasteiger partial charge in [-0.2, -0.15) is 0 Å². The number of fused-ring (bicyclic) bond motifs is 2. The summed E-state index contributed by atoms with van der Waals surface area (Å²) in [6, 6.07) is 14.7. The second-order valence-electron chi connectivity index (χ2n) is 13.7. The minimum atomic E-state index is -3.88. The lowest BCUT2D eigenvalue weighted by molar-refractivity contribution is -0.135. The molecule has 0 saturated carbocycles. The van der Waals surface area contributed by atoms with Crippen LogP contribution in [0.1, 0.15) is 81.2 Å². The zero-order valence-electron chi connectivity index (χ0n) is 29.1. The van der Waals surface area contributed by atoms with Gasteiger partial charge in [0.2, 0.25) is 10.0 Å². The lowest BCUT2D eigenvalue weighted by atomic mass is 9.59. The van der Waals surface area contributed by atoms with Crippen LogP contribution in [0, 0.1) is 18.7 Å². The van der Waals surface area contributed by atoms with E-state index in [0.29, 0.717) is 40.0 Å². The Balaban J connectivity index is 1.76. The number of carbonyl (C=O) groups is 2. The quantitative estimate of drug-likeness (QED) is 0.217. The van der Waals surface area contributed by atoms with Gasteiger partial charge < -0.3 is 14.8 Å². The highest BCUT2D eigenvalue weighted by molar-refractivity contribution is 7.89. The van der Waals surface area contributed by atoms with Gasteiger partial charge in [-0.05, 0) is 103 Å². The number of rotatable bonds is 10. The normalized spacial score (nSPS) is 20.6. The smallest absolute Gasteiger partial charge is 0.414 e. The first kappa shape index (κ1) is 37.9. The highest BCUT2D eigenvalue weighted by Crippen LogP contribution is 2.60. The van der Waals surface area contributed by atoms with Crippen molar-refractivity contribution in [3.63, 3.8) is 0 Å². The van der Waals surface area contributed by atoms with Crippen LogP contribution in [-0.4, -0.2) is 52.0 Å². The van der Waals surface area contributed by atoms with Gasteiger partial charge in [-0.1, -0.05) is 63.0 Å². The molecule has 2 heterocycles. The number of aryl methyl sites for hydroxylation is 1. The molecule has 50 heavy (non-hydrogen) atoms. The molecule has 0 unspecified atom stereocenters. The molecule has 1 saturated heterocycles. The molecule has 0 radical (unpaired) electrons. The lowest BCUT2D eigenvalue weighted by Crippen LogP contribution is -2.55. The number of halogens is 3. The number of anilines is 1. The van der Waals surface area contributed by atoms with Gasteiger partial charge in [0.1, 0.15) is 11.6 Å². The number of hydrogen-bond acceptors (Lipinski definition) is 7. The van der Waals surface area contributed by atoms with Crippen LogP contribution in [-0.2, 0) is 25.0 Å². The Hall–Kier alpha value is -3.38. The van der Waals surface area contributed by atoms with E-state index in [0.717, 1.165) is 22.9 Å². The van der Waals surface area contributed by atoms with Crippen LogP contribution in [0.15, 0.2) is 54.6 Å². The maximum atomic E-state index is 15.1. The fourth-order valence-electron chi connectivity index (χ4n) is 7.45. The van der Waals surface area contributed by atoms with Crippen molar-refractivity contribution in [3.05, 3.63) is 92.7 Å². The molecule has 2 amide bonds. The molecule has 5 rings (SSSR count). The first-order valence-electron chi connectivity index (χ1n) is 16.8. The minimum Gasteiger partial charge on any atom is -0.477 e. The number of sulfonamides is 1. The van der Waals surface area contributed by atoms with Crippen LogP contribution in [0.4, 0.5) is 14.9 Å². The van der Waals surface area contributed by atoms with Crippen LogP contribution >= 0.6 is 23.2 Å². The van der Waals surface area contributed by atoms with Crippen molar-refractivity contribution in [3.8, 4) is 5.75 Å². The molecule has 2 N–H and O–H groups in total. The summed E-state index contributed by atoms with van der Waals surface area (Å²) >= 11 is 13.3. The largest absolute Gasteiger partial charge is 0.477 e. The van der Waals surface area contributed by atoms with E-state index >= 15 is 4.39 Å². The Labute approximate surface area is 303 Å². The van der Waals surface area contributed by atoms with E-state index < -0.39 is 50.8 Å². The SMILES string of the molecule is CCC(CC)(Oc1ccc(Cl)cc1[C@@H]1CCN[C@@H](c2cc(F)ccc2C)[C@@]12CN(C(=O)OCC(C)C)c1cc(Cl)ccc12)C(=O)NS(C)(=O)=O. The molecular weight excluding hydrogens is 704 g/mol. The zero-order chi connectivity index (χ0) is 36.6. The summed E-state index contributed by atoms with van der Waals surface area (Å²) in [5.41, 5.74) is 1.14. The second-order valence-corrected chi connectivity index (χ2v) is 16.3. The molecule has 0 aromatic heterocycles. The Morgan fingerprint density at radius 2 is 1.74 bits per heavy atom. The summed E-state index contributed by atoms with van der Waals surface area (Å²) in [6.07, 6.45) is 1.27. The molecule has 2 aliphatic heterocycles. The molecule has 0 aliphatic carbocycles. The molecule has 13 heteroatoms. The summed E-state index contributed by atoms with van der Waals surface area (Å²) in [4.78, 5) is 29.0. The zero-order valence-corrected chi connectivity index (χ0v) is 31.4. The summed E-state index contributed by atoms with van der Waals surface area (Å²) in [7, 11) is -3.88. The molecule has 3 aromatic rings. The number of nitrogens with zero attached hydrogens (tertiary/aromatic N) is 1. The van der Waals surface area contributed by atoms with Crippen molar-refractivity contribution in [1.29, 1.82) is 0 Å². The van der Waals surface area contributed by atoms with Crippen molar-refractivity contribution in [1.82, 2.24) is 10.0 Å². The summed E-state index contributed by atoms with van der Waals surface area (Å²) < 4.78 is 53.9. The predicted molar refractivity (Wildman–Crippen MR) is 194 cm³/mol. The molecule has 1 fully saturated rings. The van der Waals surface area contributed by atoms with Crippen LogP contribution in [0.25, 0.3) is 0 Å². The van der Waals surface area contributed by atoms with Crippen molar-refractivity contribution < 1.29 is 31.9 Å². The number of benzene rings is 3. The maximum Gasteiger partial charge on any atom is 0.414 e. The van der Waals surface area contributed by atoms with E-state index in [1.807, 2.05) is 26.8 Å². The number of amides is 2. The maximum absolute atomic E-state index is 15.1. The number of ether oxygens (including phenoxy) is 2. The first-order valence-corrected chi connectivity index (χ1v) is 19.4. The average molecular weight is 749 g/mol. The predicted octanol–water partition coefficient (Wildman–Crippen LogP) is 7.82. The summed E-state index contributed by atoms with van der Waals surface area (Å²) in [6.45, 7) is 10.2. The minimum absolute atomic E-state index is 0.101. The van der Waals surface area contributed by atoms with Gasteiger partial charge in [0.25, 0.3) is 5.91 Å². The standard InChI is InChI=1S/C37H44Cl2FN3O6S/c1-7-36(8-2,34(44)42-50(6,46)47)49-32-14-11-24(38)17-28(32)29-15-16-41-33(27-19-26(40)12-9-23(27)5)37(29)21-43(35(45)48-20-22(3)4)31-18-25(39)10-13-30(31)37/h9-14,17-19,22,29,33,41H,7-8,15-16,20-21H2,1-6H3,(H,42,44)/t29-,33-,37-/m0/s1. The average Bonchev–Trinajstić information content (AvgIpc) is 3.37. The van der Waals surface area contributed by atoms with Gasteiger partial charge in [0.05, 0.1) is 18.6 Å². The third kappa shape index (κ3) is 7.33. The Kier molecular flexibility index (Phi) is 11.1. The van der Waals surface area contributed by atoms with E-state index in [9.17, 15) is 18.0 Å². The number of piperidine rings is 1. The Bertz CT molecular complexity index is 1890. The molecule has 1 spiro atoms. The van der Waals surface area contributed by atoms with Gasteiger partial charge in [0, 0.05) is 34.0 Å². The number of nitrogens with one attached hydrogen (secondary N) is 2. The van der Waals surface area contributed by atoms with E-state index in [-0.39, 0.29) is 31.9 Å². The topological polar surface area (TPSA) is 114 Å². The second kappa shape index (κ2) is 14.7. The van der Waals surface area contributed by atoms with E-state index in [1.54, 1.807) is 55.1 Å². The molecule has 9 nitrogen and oxygen atoms in total. The van der Waals surface area contributed by atoms with E-state index in [2.05, 4.69) is 10.0 Å². The first-order chi connectivity index (χ1) is 23.5. The van der Waals surface area contributed by atoms with E-state index in [1.165, 1.54) is 12.1 Å². The van der Waals surface area contributed by atoms with Gasteiger partial charge >= 0.3 is 6.09 Å². The van der Waals surface area contributed by atoms with Gasteiger partial charge in [-0.15, -0.1) is 0 Å². The fourth-order valence-corrected chi connectivity index (χ4v) is 8.32. The highest BCUT2D eigenvalue weighted by Gasteiger charge is 2.58. The Morgan fingerprint density at radius 3 is 2.40 bits per heavy atom. The van der Waals surface area contributed by atoms with Crippen LogP contribution in [0.2, 0.25) is 10.0 Å². The molecular formula is C37H44Cl2FN3O6S. The monoisotopic (exact) mass is 747 g/mol.